The summed E-state index contributed by atoms with van der Waals surface area (Å²) in [6, 6.07) is 0. The Morgan fingerprint density at radius 1 is 1.45 bits per heavy atom. The summed E-state index contributed by atoms with van der Waals surface area (Å²) in [5.41, 5.74) is -0.0787. The highest BCUT2D eigenvalue weighted by atomic mass is 19.1. The van der Waals surface area contributed by atoms with Gasteiger partial charge in [-0.15, -0.1) is 0 Å². The monoisotopic (exact) mass is 160 g/mol. The highest BCUT2D eigenvalue weighted by Crippen LogP contribution is 2.06. The summed E-state index contributed by atoms with van der Waals surface area (Å²) in [4.78, 5) is 20.3. The second-order valence-corrected chi connectivity index (χ2v) is 2.20. The van der Waals surface area contributed by atoms with E-state index in [9.17, 15) is 14.0 Å². The Hall–Kier alpha value is -1.19. The normalized spacial score (nSPS) is 14.3. The van der Waals surface area contributed by atoms with E-state index < -0.39 is 17.9 Å². The van der Waals surface area contributed by atoms with Crippen LogP contribution in [0.15, 0.2) is 11.6 Å². The molecule has 0 radical (unpaired) electrons. The minimum Gasteiger partial charge on any atom is -0.478 e. The van der Waals surface area contributed by atoms with Gasteiger partial charge in [0, 0.05) is 6.08 Å². The van der Waals surface area contributed by atoms with Crippen LogP contribution in [0.1, 0.15) is 13.8 Å². The van der Waals surface area contributed by atoms with E-state index in [0.717, 1.165) is 6.92 Å². The number of allylic oxidation sites excluding steroid dienone is 1. The molecule has 0 amide bonds. The molecule has 0 saturated carbocycles. The first-order valence-electron chi connectivity index (χ1n) is 3.00. The van der Waals surface area contributed by atoms with Crippen molar-refractivity contribution in [3.63, 3.8) is 0 Å². The van der Waals surface area contributed by atoms with E-state index >= 15 is 0 Å². The summed E-state index contributed by atoms with van der Waals surface area (Å²) in [5, 5.41) is 8.16. The van der Waals surface area contributed by atoms with E-state index in [-0.39, 0.29) is 5.57 Å². The van der Waals surface area contributed by atoms with Crippen molar-refractivity contribution >= 4 is 11.8 Å². The number of aliphatic carboxylic acids is 1. The Labute approximate surface area is 63.5 Å². The van der Waals surface area contributed by atoms with E-state index in [1.807, 2.05) is 0 Å². The molecule has 0 aliphatic heterocycles. The molecule has 0 aromatic heterocycles. The maximum atomic E-state index is 12.6. The van der Waals surface area contributed by atoms with Crippen LogP contribution in [-0.4, -0.2) is 23.0 Å². The van der Waals surface area contributed by atoms with Crippen LogP contribution in [0.25, 0.3) is 0 Å². The van der Waals surface area contributed by atoms with Gasteiger partial charge in [-0.3, -0.25) is 4.79 Å². The first kappa shape index (κ1) is 9.81. The molecule has 3 nitrogen and oxygen atoms in total. The number of Topliss-reactive ketones (excluding diaryl/α,β-unsaturated/α-hetero) is 1. The zero-order chi connectivity index (χ0) is 9.02. The van der Waals surface area contributed by atoms with E-state index in [0.29, 0.717) is 6.08 Å². The second kappa shape index (κ2) is 3.85. The molecule has 0 saturated heterocycles. The number of ketones is 1. The van der Waals surface area contributed by atoms with Gasteiger partial charge in [-0.25, -0.2) is 9.18 Å². The van der Waals surface area contributed by atoms with Gasteiger partial charge in [-0.05, 0) is 19.4 Å². The van der Waals surface area contributed by atoms with Gasteiger partial charge < -0.3 is 5.11 Å². The third-order valence-corrected chi connectivity index (χ3v) is 1.11. The van der Waals surface area contributed by atoms with Gasteiger partial charge >= 0.3 is 5.97 Å². The van der Waals surface area contributed by atoms with Crippen molar-refractivity contribution < 1.29 is 19.1 Å². The first-order valence-corrected chi connectivity index (χ1v) is 3.00. The Balaban J connectivity index is 4.35. The maximum Gasteiger partial charge on any atom is 0.328 e. The van der Waals surface area contributed by atoms with Gasteiger partial charge in [0.15, 0.2) is 12.0 Å². The molecule has 4 heteroatoms. The summed E-state index contributed by atoms with van der Waals surface area (Å²) in [6.07, 6.45) is -1.10. The highest BCUT2D eigenvalue weighted by Gasteiger charge is 2.14. The topological polar surface area (TPSA) is 54.4 Å². The minimum absolute atomic E-state index is 0.0787. The molecule has 0 fully saturated rings. The molecule has 0 aromatic rings. The molecule has 1 N–H and O–H groups in total. The summed E-state index contributed by atoms with van der Waals surface area (Å²) in [5.74, 6) is -1.92. The van der Waals surface area contributed by atoms with Crippen molar-refractivity contribution in [3.8, 4) is 0 Å². The van der Waals surface area contributed by atoms with E-state index in [1.165, 1.54) is 6.92 Å². The average molecular weight is 160 g/mol. The first-order chi connectivity index (χ1) is 4.95. The summed E-state index contributed by atoms with van der Waals surface area (Å²) >= 11 is 0. The average Bonchev–Trinajstić information content (AvgIpc) is 1.84. The van der Waals surface area contributed by atoms with Gasteiger partial charge in [0.25, 0.3) is 0 Å². The zero-order valence-electron chi connectivity index (χ0n) is 6.30. The third kappa shape index (κ3) is 3.50. The fourth-order valence-corrected chi connectivity index (χ4v) is 0.589. The predicted molar refractivity (Wildman–Crippen MR) is 37.0 cm³/mol. The van der Waals surface area contributed by atoms with Crippen LogP contribution in [0.4, 0.5) is 4.39 Å². The number of alkyl halides is 1. The standard InChI is InChI=1S/C7H9FO3/c1-4(3-6(10)11)7(8)5(2)9/h3,7H,1-2H3,(H,10,11)/b4-3-. The molecule has 0 bridgehead atoms. The fraction of sp³-hybridized carbons (Fsp3) is 0.429. The second-order valence-electron chi connectivity index (χ2n) is 2.20. The molecule has 11 heavy (non-hydrogen) atoms. The number of carboxylic acids is 1. The van der Waals surface area contributed by atoms with Crippen LogP contribution >= 0.6 is 0 Å². The molecular formula is C7H9FO3. The SMILES string of the molecule is CC(=O)C(F)/C(C)=C\C(=O)O. The largest absolute Gasteiger partial charge is 0.478 e. The van der Waals surface area contributed by atoms with Gasteiger partial charge in [-0.2, -0.15) is 0 Å². The number of hydrogen-bond donors (Lipinski definition) is 1. The molecule has 0 heterocycles. The van der Waals surface area contributed by atoms with Crippen molar-refractivity contribution in [2.75, 3.05) is 0 Å². The summed E-state index contributed by atoms with van der Waals surface area (Å²) in [6.45, 7) is 2.34. The Morgan fingerprint density at radius 3 is 2.18 bits per heavy atom. The third-order valence-electron chi connectivity index (χ3n) is 1.11. The highest BCUT2D eigenvalue weighted by molar-refractivity contribution is 5.87. The predicted octanol–water partition coefficient (Wildman–Crippen LogP) is 0.944. The summed E-state index contributed by atoms with van der Waals surface area (Å²) in [7, 11) is 0. The Bertz CT molecular complexity index is 208. The lowest BCUT2D eigenvalue weighted by molar-refractivity contribution is -0.131. The molecule has 62 valence electrons. The molecule has 0 rings (SSSR count). The van der Waals surface area contributed by atoms with Crippen molar-refractivity contribution in [1.82, 2.24) is 0 Å². The number of rotatable bonds is 3. The minimum atomic E-state index is -1.79. The van der Waals surface area contributed by atoms with Crippen LogP contribution in [0.2, 0.25) is 0 Å². The summed E-state index contributed by atoms with van der Waals surface area (Å²) < 4.78 is 12.6. The molecule has 0 aliphatic rings. The van der Waals surface area contributed by atoms with E-state index in [4.69, 9.17) is 5.11 Å². The number of hydrogen-bond acceptors (Lipinski definition) is 2. The molecule has 0 aliphatic carbocycles. The maximum absolute atomic E-state index is 12.6. The van der Waals surface area contributed by atoms with Crippen LogP contribution < -0.4 is 0 Å². The number of halogens is 1. The number of carbonyl (C=O) groups is 2. The molecule has 1 unspecified atom stereocenters. The smallest absolute Gasteiger partial charge is 0.328 e. The zero-order valence-corrected chi connectivity index (χ0v) is 6.30. The van der Waals surface area contributed by atoms with Crippen molar-refractivity contribution in [2.45, 2.75) is 20.0 Å². The van der Waals surface area contributed by atoms with Crippen LogP contribution in [0.3, 0.4) is 0 Å². The molecular weight excluding hydrogens is 151 g/mol. The van der Waals surface area contributed by atoms with E-state index in [1.54, 1.807) is 0 Å². The van der Waals surface area contributed by atoms with Gasteiger partial charge in [0.05, 0.1) is 0 Å². The van der Waals surface area contributed by atoms with Crippen LogP contribution in [0.5, 0.6) is 0 Å². The van der Waals surface area contributed by atoms with Gasteiger partial charge in [0.2, 0.25) is 0 Å². The van der Waals surface area contributed by atoms with Gasteiger partial charge in [0.1, 0.15) is 0 Å². The molecule has 0 spiro atoms. The van der Waals surface area contributed by atoms with Crippen molar-refractivity contribution in [1.29, 1.82) is 0 Å². The Morgan fingerprint density at radius 2 is 1.91 bits per heavy atom. The molecule has 1 atom stereocenters. The Kier molecular flexibility index (Phi) is 3.44. The van der Waals surface area contributed by atoms with Gasteiger partial charge in [-0.1, -0.05) is 0 Å². The van der Waals surface area contributed by atoms with Crippen LogP contribution in [0, 0.1) is 0 Å². The lowest BCUT2D eigenvalue weighted by Gasteiger charge is -2.01. The molecule has 0 aromatic carbocycles. The lowest BCUT2D eigenvalue weighted by Crippen LogP contribution is -2.13. The van der Waals surface area contributed by atoms with Crippen molar-refractivity contribution in [3.05, 3.63) is 11.6 Å². The fourth-order valence-electron chi connectivity index (χ4n) is 0.589. The number of carbonyl (C=O) groups excluding carboxylic acids is 1. The lowest BCUT2D eigenvalue weighted by atomic mass is 10.1. The van der Waals surface area contributed by atoms with E-state index in [2.05, 4.69) is 0 Å². The van der Waals surface area contributed by atoms with Crippen LogP contribution in [-0.2, 0) is 9.59 Å². The number of carboxylic acid groups (broad SMARTS) is 1. The van der Waals surface area contributed by atoms with Crippen molar-refractivity contribution in [2.24, 2.45) is 0 Å². The quantitative estimate of drug-likeness (QED) is 0.625.